The number of thioether (sulfide) groups is 1. The van der Waals surface area contributed by atoms with E-state index < -0.39 is 0 Å². The van der Waals surface area contributed by atoms with Crippen molar-refractivity contribution < 1.29 is 19.1 Å². The molecule has 7 heteroatoms. The highest BCUT2D eigenvalue weighted by Gasteiger charge is 2.32. The van der Waals surface area contributed by atoms with E-state index in [9.17, 15) is 9.59 Å². The minimum absolute atomic E-state index is 0.110. The molecule has 150 valence electrons. The summed E-state index contributed by atoms with van der Waals surface area (Å²) >= 11 is 6.51. The van der Waals surface area contributed by atoms with Crippen LogP contribution in [0.3, 0.4) is 0 Å². The van der Waals surface area contributed by atoms with Crippen molar-refractivity contribution in [3.8, 4) is 5.75 Å². The molecular formula is C22H21NO4S2. The second kappa shape index (κ2) is 9.71. The van der Waals surface area contributed by atoms with Crippen LogP contribution in [0, 0.1) is 6.92 Å². The SMILES string of the molecule is COC(=O)CCN1C(=O)/C(=C\c2cccc(OCc3ccc(C)cc3)c2)SC1=S. The van der Waals surface area contributed by atoms with E-state index in [1.54, 1.807) is 6.08 Å². The summed E-state index contributed by atoms with van der Waals surface area (Å²) < 4.78 is 10.9. The van der Waals surface area contributed by atoms with Gasteiger partial charge in [0.1, 0.15) is 16.7 Å². The van der Waals surface area contributed by atoms with Crippen molar-refractivity contribution in [1.82, 2.24) is 4.90 Å². The molecule has 1 saturated heterocycles. The Labute approximate surface area is 179 Å². The number of carbonyl (C=O) groups excluding carboxylic acids is 2. The second-order valence-electron chi connectivity index (χ2n) is 6.51. The lowest BCUT2D eigenvalue weighted by molar-refractivity contribution is -0.140. The zero-order valence-corrected chi connectivity index (χ0v) is 17.8. The van der Waals surface area contributed by atoms with Crippen LogP contribution in [0.5, 0.6) is 5.75 Å². The topological polar surface area (TPSA) is 55.8 Å². The Morgan fingerprint density at radius 2 is 1.97 bits per heavy atom. The molecule has 1 heterocycles. The number of amides is 1. The van der Waals surface area contributed by atoms with Gasteiger partial charge in [0.25, 0.3) is 5.91 Å². The van der Waals surface area contributed by atoms with Crippen LogP contribution >= 0.6 is 24.0 Å². The van der Waals surface area contributed by atoms with Crippen LogP contribution in [0.4, 0.5) is 0 Å². The lowest BCUT2D eigenvalue weighted by Crippen LogP contribution is -2.30. The van der Waals surface area contributed by atoms with Crippen molar-refractivity contribution in [3.63, 3.8) is 0 Å². The largest absolute Gasteiger partial charge is 0.489 e. The van der Waals surface area contributed by atoms with Gasteiger partial charge in [-0.2, -0.15) is 0 Å². The van der Waals surface area contributed by atoms with Gasteiger partial charge in [-0.3, -0.25) is 14.5 Å². The van der Waals surface area contributed by atoms with Crippen LogP contribution in [0.1, 0.15) is 23.1 Å². The van der Waals surface area contributed by atoms with Crippen LogP contribution in [0.2, 0.25) is 0 Å². The summed E-state index contributed by atoms with van der Waals surface area (Å²) in [6.07, 6.45) is 1.90. The molecule has 0 aromatic heterocycles. The van der Waals surface area contributed by atoms with Gasteiger partial charge < -0.3 is 9.47 Å². The summed E-state index contributed by atoms with van der Waals surface area (Å²) in [6.45, 7) is 2.74. The third kappa shape index (κ3) is 5.68. The Kier molecular flexibility index (Phi) is 7.06. The maximum absolute atomic E-state index is 12.6. The molecule has 1 fully saturated rings. The monoisotopic (exact) mass is 427 g/mol. The number of aryl methyl sites for hydroxylation is 1. The third-order valence-electron chi connectivity index (χ3n) is 4.32. The number of esters is 1. The molecule has 2 aromatic rings. The van der Waals surface area contributed by atoms with Crippen LogP contribution in [0.15, 0.2) is 53.4 Å². The van der Waals surface area contributed by atoms with Gasteiger partial charge in [-0.25, -0.2) is 0 Å². The maximum atomic E-state index is 12.6. The van der Waals surface area contributed by atoms with Gasteiger partial charge in [-0.05, 0) is 36.3 Å². The smallest absolute Gasteiger partial charge is 0.307 e. The molecule has 5 nitrogen and oxygen atoms in total. The average molecular weight is 428 g/mol. The predicted molar refractivity (Wildman–Crippen MR) is 118 cm³/mol. The fourth-order valence-corrected chi connectivity index (χ4v) is 4.00. The number of methoxy groups -OCH3 is 1. The molecule has 0 spiro atoms. The molecule has 2 aromatic carbocycles. The number of ether oxygens (including phenoxy) is 2. The van der Waals surface area contributed by atoms with Crippen LogP contribution in [-0.2, 0) is 20.9 Å². The van der Waals surface area contributed by atoms with Crippen molar-refractivity contribution in [2.45, 2.75) is 20.0 Å². The Morgan fingerprint density at radius 1 is 1.21 bits per heavy atom. The number of nitrogens with zero attached hydrogens (tertiary/aromatic N) is 1. The summed E-state index contributed by atoms with van der Waals surface area (Å²) in [5.74, 6) is 0.150. The molecule has 0 radical (unpaired) electrons. The van der Waals surface area contributed by atoms with Gasteiger partial charge in [0.05, 0.1) is 18.4 Å². The number of benzene rings is 2. The molecule has 1 amide bonds. The first-order valence-corrected chi connectivity index (χ1v) is 10.3. The van der Waals surface area contributed by atoms with Gasteiger partial charge in [0, 0.05) is 6.54 Å². The molecule has 0 saturated carbocycles. The molecule has 1 aliphatic heterocycles. The first-order valence-electron chi connectivity index (χ1n) is 9.07. The van der Waals surface area contributed by atoms with E-state index in [2.05, 4.69) is 16.9 Å². The summed E-state index contributed by atoms with van der Waals surface area (Å²) in [5, 5.41) is 0. The van der Waals surface area contributed by atoms with Crippen LogP contribution < -0.4 is 4.74 Å². The Morgan fingerprint density at radius 3 is 2.69 bits per heavy atom. The highest BCUT2D eigenvalue weighted by molar-refractivity contribution is 8.26. The van der Waals surface area contributed by atoms with Crippen LogP contribution in [-0.4, -0.2) is 34.8 Å². The molecule has 0 unspecified atom stereocenters. The lowest BCUT2D eigenvalue weighted by atomic mass is 10.1. The van der Waals surface area contributed by atoms with E-state index in [0.29, 0.717) is 15.8 Å². The van der Waals surface area contributed by atoms with Crippen LogP contribution in [0.25, 0.3) is 6.08 Å². The van der Waals surface area contributed by atoms with E-state index in [0.717, 1.165) is 16.9 Å². The van der Waals surface area contributed by atoms with E-state index in [4.69, 9.17) is 17.0 Å². The van der Waals surface area contributed by atoms with Crippen molar-refractivity contribution >= 4 is 46.3 Å². The second-order valence-corrected chi connectivity index (χ2v) is 8.18. The molecule has 0 N–H and O–H groups in total. The van der Waals surface area contributed by atoms with Gasteiger partial charge in [-0.15, -0.1) is 0 Å². The minimum Gasteiger partial charge on any atom is -0.489 e. The average Bonchev–Trinajstić information content (AvgIpc) is 2.98. The first kappa shape index (κ1) is 21.1. The molecule has 29 heavy (non-hydrogen) atoms. The zero-order chi connectivity index (χ0) is 20.8. The highest BCUT2D eigenvalue weighted by Crippen LogP contribution is 2.33. The molecule has 1 aliphatic rings. The third-order valence-corrected chi connectivity index (χ3v) is 5.70. The summed E-state index contributed by atoms with van der Waals surface area (Å²) in [4.78, 5) is 25.9. The summed E-state index contributed by atoms with van der Waals surface area (Å²) in [5.41, 5.74) is 3.15. The standard InChI is InChI=1S/C22H21NO4S2/c1-15-6-8-16(9-7-15)14-27-18-5-3-4-17(12-18)13-19-21(25)23(22(28)29-19)11-10-20(24)26-2/h3-9,12-13H,10-11,14H2,1-2H3/b19-13+. The number of carbonyl (C=O) groups is 2. The first-order chi connectivity index (χ1) is 14.0. The van der Waals surface area contributed by atoms with Gasteiger partial charge in [0.2, 0.25) is 0 Å². The molecule has 0 atom stereocenters. The number of thiocarbonyl (C=S) groups is 1. The van der Waals surface area contributed by atoms with E-state index in [1.807, 2.05) is 43.3 Å². The Hall–Kier alpha value is -2.64. The molecule has 0 aliphatic carbocycles. The zero-order valence-electron chi connectivity index (χ0n) is 16.2. The normalized spacial score (nSPS) is 15.1. The number of rotatable bonds is 7. The Bertz CT molecular complexity index is 954. The predicted octanol–water partition coefficient (Wildman–Crippen LogP) is 4.34. The summed E-state index contributed by atoms with van der Waals surface area (Å²) in [6, 6.07) is 15.7. The van der Waals surface area contributed by atoms with E-state index in [-0.39, 0.29) is 24.8 Å². The van der Waals surface area contributed by atoms with Crippen molar-refractivity contribution in [1.29, 1.82) is 0 Å². The Balaban J connectivity index is 1.66. The van der Waals surface area contributed by atoms with E-state index >= 15 is 0 Å². The number of hydrogen-bond acceptors (Lipinski definition) is 6. The maximum Gasteiger partial charge on any atom is 0.307 e. The fourth-order valence-electron chi connectivity index (χ4n) is 2.69. The quantitative estimate of drug-likeness (QED) is 0.372. The minimum atomic E-state index is -0.374. The molecular weight excluding hydrogens is 406 g/mol. The number of hydrogen-bond donors (Lipinski definition) is 0. The fraction of sp³-hybridized carbons (Fsp3) is 0.227. The van der Waals surface area contributed by atoms with Crippen molar-refractivity contribution in [2.75, 3.05) is 13.7 Å². The summed E-state index contributed by atoms with van der Waals surface area (Å²) in [7, 11) is 1.32. The van der Waals surface area contributed by atoms with E-state index in [1.165, 1.54) is 29.3 Å². The molecule has 3 rings (SSSR count). The van der Waals surface area contributed by atoms with Gasteiger partial charge >= 0.3 is 5.97 Å². The lowest BCUT2D eigenvalue weighted by Gasteiger charge is -2.13. The molecule has 0 bridgehead atoms. The highest BCUT2D eigenvalue weighted by atomic mass is 32.2. The van der Waals surface area contributed by atoms with Crippen molar-refractivity contribution in [2.24, 2.45) is 0 Å². The van der Waals surface area contributed by atoms with Gasteiger partial charge in [0.15, 0.2) is 0 Å². The van der Waals surface area contributed by atoms with Crippen molar-refractivity contribution in [3.05, 3.63) is 70.1 Å². The van der Waals surface area contributed by atoms with Gasteiger partial charge in [-0.1, -0.05) is 65.9 Å².